The Morgan fingerprint density at radius 3 is 2.82 bits per heavy atom. The topological polar surface area (TPSA) is 84.2 Å². The van der Waals surface area contributed by atoms with Crippen LogP contribution >= 0.6 is 11.8 Å². The third-order valence-electron chi connectivity index (χ3n) is 4.72. The van der Waals surface area contributed by atoms with E-state index in [4.69, 9.17) is 9.47 Å². The molecular formula is C21H23N3O3S. The van der Waals surface area contributed by atoms with Gasteiger partial charge in [0.05, 0.1) is 30.7 Å². The molecule has 1 aliphatic carbocycles. The Balaban J connectivity index is 1.81. The van der Waals surface area contributed by atoms with Crippen LogP contribution in [0.3, 0.4) is 0 Å². The number of carbonyl (C=O) groups is 1. The van der Waals surface area contributed by atoms with Crippen molar-refractivity contribution in [2.24, 2.45) is 0 Å². The number of nitriles is 1. The first-order chi connectivity index (χ1) is 13.6. The lowest BCUT2D eigenvalue weighted by Crippen LogP contribution is -2.25. The van der Waals surface area contributed by atoms with Gasteiger partial charge in [0.1, 0.15) is 22.6 Å². The Labute approximate surface area is 169 Å². The Morgan fingerprint density at radius 1 is 1.32 bits per heavy atom. The molecule has 0 fully saturated rings. The van der Waals surface area contributed by atoms with Crippen molar-refractivity contribution in [2.45, 2.75) is 42.9 Å². The summed E-state index contributed by atoms with van der Waals surface area (Å²) >= 11 is 1.34. The number of rotatable bonds is 7. The lowest BCUT2D eigenvalue weighted by molar-refractivity contribution is -0.115. The van der Waals surface area contributed by atoms with Gasteiger partial charge in [0, 0.05) is 11.8 Å². The van der Waals surface area contributed by atoms with E-state index in [0.29, 0.717) is 34.2 Å². The van der Waals surface area contributed by atoms with Crippen LogP contribution in [0, 0.1) is 11.3 Å². The molecule has 6 nitrogen and oxygen atoms in total. The number of aromatic nitrogens is 1. The average molecular weight is 398 g/mol. The summed E-state index contributed by atoms with van der Waals surface area (Å²) in [6.07, 6.45) is 3.56. The molecule has 28 heavy (non-hydrogen) atoms. The molecule has 1 aromatic heterocycles. The fourth-order valence-corrected chi connectivity index (χ4v) is 4.20. The number of methoxy groups -OCH3 is 2. The van der Waals surface area contributed by atoms with Gasteiger partial charge in [-0.3, -0.25) is 4.79 Å². The van der Waals surface area contributed by atoms with E-state index in [1.165, 1.54) is 11.8 Å². The molecule has 1 amide bonds. The van der Waals surface area contributed by atoms with E-state index in [0.717, 1.165) is 30.5 Å². The number of anilines is 1. The van der Waals surface area contributed by atoms with Crippen molar-refractivity contribution in [1.29, 1.82) is 5.26 Å². The summed E-state index contributed by atoms with van der Waals surface area (Å²) < 4.78 is 10.6. The van der Waals surface area contributed by atoms with Gasteiger partial charge in [-0.2, -0.15) is 5.26 Å². The van der Waals surface area contributed by atoms with Crippen molar-refractivity contribution in [3.63, 3.8) is 0 Å². The molecule has 1 atom stereocenters. The first kappa shape index (κ1) is 20.0. The summed E-state index contributed by atoms with van der Waals surface area (Å²) in [5, 5.41) is 12.7. The van der Waals surface area contributed by atoms with Crippen LogP contribution in [0.25, 0.3) is 0 Å². The standard InChI is InChI=1S/C21H23N3O3S/c1-4-19(20(25)23-17-11-15(26-2)8-9-18(17)27-3)28-21-14(12-22)10-13-6-5-7-16(13)24-21/h8-11,19H,4-7H2,1-3H3,(H,23,25). The molecule has 146 valence electrons. The fourth-order valence-electron chi connectivity index (χ4n) is 3.20. The van der Waals surface area contributed by atoms with E-state index in [1.807, 2.05) is 13.0 Å². The van der Waals surface area contributed by atoms with Crippen molar-refractivity contribution >= 4 is 23.4 Å². The molecule has 0 aliphatic heterocycles. The SMILES string of the molecule is CCC(Sc1nc2c(cc1C#N)CCC2)C(=O)Nc1cc(OC)ccc1OC. The molecule has 1 N–H and O–H groups in total. The Hall–Kier alpha value is -2.72. The fraction of sp³-hybridized carbons (Fsp3) is 0.381. The van der Waals surface area contributed by atoms with Gasteiger partial charge in [-0.1, -0.05) is 18.7 Å². The molecule has 1 aromatic carbocycles. The quantitative estimate of drug-likeness (QED) is 0.712. The second-order valence-corrected chi connectivity index (χ2v) is 7.67. The third-order valence-corrected chi connectivity index (χ3v) is 6.08. The van der Waals surface area contributed by atoms with Crippen molar-refractivity contribution in [3.8, 4) is 17.6 Å². The third kappa shape index (κ3) is 4.23. The van der Waals surface area contributed by atoms with Crippen LogP contribution in [0.5, 0.6) is 11.5 Å². The highest BCUT2D eigenvalue weighted by Gasteiger charge is 2.24. The molecule has 0 bridgehead atoms. The Bertz CT molecular complexity index is 924. The van der Waals surface area contributed by atoms with Crippen LogP contribution < -0.4 is 14.8 Å². The van der Waals surface area contributed by atoms with Gasteiger partial charge in [-0.15, -0.1) is 0 Å². The van der Waals surface area contributed by atoms with E-state index >= 15 is 0 Å². The average Bonchev–Trinajstić information content (AvgIpc) is 3.18. The number of ether oxygens (including phenoxy) is 2. The van der Waals surface area contributed by atoms with E-state index in [1.54, 1.807) is 32.4 Å². The number of amides is 1. The highest BCUT2D eigenvalue weighted by molar-refractivity contribution is 8.00. The molecule has 0 saturated carbocycles. The minimum Gasteiger partial charge on any atom is -0.497 e. The van der Waals surface area contributed by atoms with Gasteiger partial charge in [0.15, 0.2) is 0 Å². The summed E-state index contributed by atoms with van der Waals surface area (Å²) in [6, 6.07) is 9.39. The van der Waals surface area contributed by atoms with Gasteiger partial charge in [-0.05, 0) is 49.4 Å². The normalized spacial score (nSPS) is 13.4. The van der Waals surface area contributed by atoms with Crippen LogP contribution in [0.2, 0.25) is 0 Å². The van der Waals surface area contributed by atoms with Gasteiger partial charge >= 0.3 is 0 Å². The van der Waals surface area contributed by atoms with Crippen molar-refractivity contribution in [2.75, 3.05) is 19.5 Å². The van der Waals surface area contributed by atoms with Crippen LogP contribution in [0.15, 0.2) is 29.3 Å². The number of benzene rings is 1. The predicted molar refractivity (Wildman–Crippen MR) is 109 cm³/mol. The van der Waals surface area contributed by atoms with E-state index in [9.17, 15) is 10.1 Å². The molecule has 2 aromatic rings. The number of pyridine rings is 1. The van der Waals surface area contributed by atoms with Crippen LogP contribution in [0.1, 0.15) is 36.6 Å². The molecule has 0 spiro atoms. The maximum atomic E-state index is 12.9. The molecule has 3 rings (SSSR count). The molecule has 0 radical (unpaired) electrons. The highest BCUT2D eigenvalue weighted by atomic mass is 32.2. The predicted octanol–water partition coefficient (Wildman–Crippen LogP) is 3.97. The number of thioether (sulfide) groups is 1. The van der Waals surface area contributed by atoms with Crippen LogP contribution in [-0.2, 0) is 17.6 Å². The van der Waals surface area contributed by atoms with Crippen molar-refractivity contribution < 1.29 is 14.3 Å². The summed E-state index contributed by atoms with van der Waals surface area (Å²) in [6.45, 7) is 1.94. The maximum absolute atomic E-state index is 12.9. The zero-order valence-electron chi connectivity index (χ0n) is 16.2. The highest BCUT2D eigenvalue weighted by Crippen LogP contribution is 2.33. The monoisotopic (exact) mass is 397 g/mol. The smallest absolute Gasteiger partial charge is 0.238 e. The van der Waals surface area contributed by atoms with Gasteiger partial charge in [0.25, 0.3) is 0 Å². The van der Waals surface area contributed by atoms with Crippen molar-refractivity contribution in [3.05, 3.63) is 41.1 Å². The number of nitrogens with zero attached hydrogens (tertiary/aromatic N) is 2. The number of nitrogens with one attached hydrogen (secondary N) is 1. The van der Waals surface area contributed by atoms with Crippen LogP contribution in [0.4, 0.5) is 5.69 Å². The molecule has 7 heteroatoms. The number of fused-ring (bicyclic) bond motifs is 1. The minimum atomic E-state index is -0.380. The van der Waals surface area contributed by atoms with Gasteiger partial charge in [-0.25, -0.2) is 4.98 Å². The van der Waals surface area contributed by atoms with Crippen LogP contribution in [-0.4, -0.2) is 30.4 Å². The lowest BCUT2D eigenvalue weighted by atomic mass is 10.2. The summed E-state index contributed by atoms with van der Waals surface area (Å²) in [5.41, 5.74) is 3.29. The molecule has 1 heterocycles. The molecule has 1 aliphatic rings. The second-order valence-electron chi connectivity index (χ2n) is 6.48. The van der Waals surface area contributed by atoms with Crippen molar-refractivity contribution in [1.82, 2.24) is 4.98 Å². The summed E-state index contributed by atoms with van der Waals surface area (Å²) in [5.74, 6) is 1.02. The maximum Gasteiger partial charge on any atom is 0.238 e. The van der Waals surface area contributed by atoms with Gasteiger partial charge < -0.3 is 14.8 Å². The first-order valence-electron chi connectivity index (χ1n) is 9.22. The van der Waals surface area contributed by atoms with E-state index < -0.39 is 0 Å². The zero-order valence-corrected chi connectivity index (χ0v) is 17.1. The molecule has 0 saturated heterocycles. The number of aryl methyl sites for hydroxylation is 2. The first-order valence-corrected chi connectivity index (χ1v) is 10.1. The number of carbonyl (C=O) groups excluding carboxylic acids is 1. The van der Waals surface area contributed by atoms with E-state index in [2.05, 4.69) is 16.4 Å². The molecule has 1 unspecified atom stereocenters. The summed E-state index contributed by atoms with van der Waals surface area (Å²) in [4.78, 5) is 17.6. The van der Waals surface area contributed by atoms with Gasteiger partial charge in [0.2, 0.25) is 5.91 Å². The number of hydrogen-bond acceptors (Lipinski definition) is 6. The molecular weight excluding hydrogens is 374 g/mol. The van der Waals surface area contributed by atoms with E-state index in [-0.39, 0.29) is 11.2 Å². The summed E-state index contributed by atoms with van der Waals surface area (Å²) in [7, 11) is 3.12. The number of hydrogen-bond donors (Lipinski definition) is 1. The Kier molecular flexibility index (Phi) is 6.42. The minimum absolute atomic E-state index is 0.162. The zero-order chi connectivity index (χ0) is 20.1. The lowest BCUT2D eigenvalue weighted by Gasteiger charge is -2.17. The largest absolute Gasteiger partial charge is 0.497 e. The second kappa shape index (κ2) is 8.98. The Morgan fingerprint density at radius 2 is 2.14 bits per heavy atom.